The van der Waals surface area contributed by atoms with Crippen LogP contribution >= 0.6 is 11.3 Å². The van der Waals surface area contributed by atoms with Gasteiger partial charge in [-0.05, 0) is 31.6 Å². The van der Waals surface area contributed by atoms with Crippen LogP contribution in [0.5, 0.6) is 0 Å². The molecule has 2 aliphatic rings. The smallest absolute Gasteiger partial charge is 0.185 e. The zero-order valence-electron chi connectivity index (χ0n) is 11.5. The summed E-state index contributed by atoms with van der Waals surface area (Å²) in [6.07, 6.45) is 4.77. The Labute approximate surface area is 118 Å². The van der Waals surface area contributed by atoms with E-state index in [0.717, 1.165) is 48.3 Å². The van der Waals surface area contributed by atoms with E-state index in [9.17, 15) is 5.11 Å². The molecule has 0 unspecified atom stereocenters. The van der Waals surface area contributed by atoms with Gasteiger partial charge in [0.1, 0.15) is 0 Å². The number of aliphatic hydroxyl groups is 1. The Balaban J connectivity index is 1.66. The molecule has 0 radical (unpaired) electrons. The van der Waals surface area contributed by atoms with Crippen molar-refractivity contribution in [1.29, 1.82) is 0 Å². The molecule has 0 atom stereocenters. The summed E-state index contributed by atoms with van der Waals surface area (Å²) < 4.78 is 5.40. The molecule has 0 bridgehead atoms. The molecule has 2 fully saturated rings. The first-order valence-electron chi connectivity index (χ1n) is 7.17. The minimum Gasteiger partial charge on any atom is -0.391 e. The maximum absolute atomic E-state index is 9.45. The molecule has 2 heterocycles. The molecule has 0 amide bonds. The van der Waals surface area contributed by atoms with E-state index < -0.39 is 0 Å². The first kappa shape index (κ1) is 13.3. The van der Waals surface area contributed by atoms with Crippen LogP contribution in [0, 0.1) is 5.92 Å². The normalized spacial score (nSPS) is 20.7. The van der Waals surface area contributed by atoms with Crippen molar-refractivity contribution < 1.29 is 9.84 Å². The molecular weight excluding hydrogens is 260 g/mol. The van der Waals surface area contributed by atoms with Crippen molar-refractivity contribution in [2.24, 2.45) is 5.92 Å². The lowest BCUT2D eigenvalue weighted by molar-refractivity contribution is 0.0685. The third-order valence-electron chi connectivity index (χ3n) is 4.02. The zero-order valence-corrected chi connectivity index (χ0v) is 12.3. The summed E-state index contributed by atoms with van der Waals surface area (Å²) in [5.41, 5.74) is 1.15. The highest BCUT2D eigenvalue weighted by Crippen LogP contribution is 2.44. The Morgan fingerprint density at radius 2 is 2.05 bits per heavy atom. The highest BCUT2D eigenvalue weighted by Gasteiger charge is 2.30. The summed E-state index contributed by atoms with van der Waals surface area (Å²) >= 11 is 1.66. The average Bonchev–Trinajstić information content (AvgIpc) is 3.19. The predicted molar refractivity (Wildman–Crippen MR) is 76.8 cm³/mol. The van der Waals surface area contributed by atoms with E-state index in [0.29, 0.717) is 11.8 Å². The summed E-state index contributed by atoms with van der Waals surface area (Å²) in [5.74, 6) is 1.33. The van der Waals surface area contributed by atoms with Gasteiger partial charge in [0, 0.05) is 32.7 Å². The predicted octanol–water partition coefficient (Wildman–Crippen LogP) is 2.38. The minimum atomic E-state index is 0.134. The van der Waals surface area contributed by atoms with Gasteiger partial charge in [0.05, 0.1) is 17.2 Å². The van der Waals surface area contributed by atoms with Gasteiger partial charge in [-0.15, -0.1) is 0 Å². The fourth-order valence-electron chi connectivity index (χ4n) is 2.70. The van der Waals surface area contributed by atoms with Crippen LogP contribution in [-0.4, -0.2) is 36.9 Å². The van der Waals surface area contributed by atoms with Crippen LogP contribution in [-0.2, 0) is 11.3 Å². The summed E-state index contributed by atoms with van der Waals surface area (Å²) in [4.78, 5) is 8.08. The lowest BCUT2D eigenvalue weighted by Crippen LogP contribution is -2.29. The Kier molecular flexibility index (Phi) is 4.05. The first-order chi connectivity index (χ1) is 9.28. The SMILES string of the molecule is CN(CC1CCOCC1)c1nc(C2CC2)c(CO)s1. The Hall–Kier alpha value is -0.650. The van der Waals surface area contributed by atoms with E-state index in [1.54, 1.807) is 11.3 Å². The zero-order chi connectivity index (χ0) is 13.2. The number of hydrogen-bond donors (Lipinski definition) is 1. The topological polar surface area (TPSA) is 45.6 Å². The molecule has 1 aromatic heterocycles. The van der Waals surface area contributed by atoms with Gasteiger partial charge < -0.3 is 14.7 Å². The Morgan fingerprint density at radius 3 is 2.68 bits per heavy atom. The van der Waals surface area contributed by atoms with Crippen molar-refractivity contribution in [1.82, 2.24) is 4.98 Å². The molecule has 5 heteroatoms. The maximum Gasteiger partial charge on any atom is 0.185 e. The highest BCUT2D eigenvalue weighted by atomic mass is 32.1. The molecular formula is C14H22N2O2S. The van der Waals surface area contributed by atoms with Crippen molar-refractivity contribution in [2.45, 2.75) is 38.2 Å². The second kappa shape index (κ2) is 5.77. The van der Waals surface area contributed by atoms with E-state index in [1.165, 1.54) is 12.8 Å². The van der Waals surface area contributed by atoms with Crippen LogP contribution < -0.4 is 4.90 Å². The van der Waals surface area contributed by atoms with E-state index in [2.05, 4.69) is 11.9 Å². The van der Waals surface area contributed by atoms with E-state index in [-0.39, 0.29) is 6.61 Å². The van der Waals surface area contributed by atoms with Gasteiger partial charge in [-0.3, -0.25) is 0 Å². The Bertz CT molecular complexity index is 425. The lowest BCUT2D eigenvalue weighted by Gasteiger charge is -2.26. The molecule has 1 saturated heterocycles. The monoisotopic (exact) mass is 282 g/mol. The van der Waals surface area contributed by atoms with Gasteiger partial charge in [0.25, 0.3) is 0 Å². The second-order valence-electron chi connectivity index (χ2n) is 5.67. The minimum absolute atomic E-state index is 0.134. The van der Waals surface area contributed by atoms with Crippen LogP contribution in [0.15, 0.2) is 0 Å². The fraction of sp³-hybridized carbons (Fsp3) is 0.786. The number of rotatable bonds is 5. The van der Waals surface area contributed by atoms with Crippen molar-refractivity contribution in [2.75, 3.05) is 31.7 Å². The molecule has 1 N–H and O–H groups in total. The molecule has 0 aromatic carbocycles. The van der Waals surface area contributed by atoms with Crippen molar-refractivity contribution >= 4 is 16.5 Å². The first-order valence-corrected chi connectivity index (χ1v) is 7.99. The number of anilines is 1. The van der Waals surface area contributed by atoms with Crippen LogP contribution in [0.1, 0.15) is 42.2 Å². The third kappa shape index (κ3) is 3.09. The molecule has 4 nitrogen and oxygen atoms in total. The van der Waals surface area contributed by atoms with Crippen molar-refractivity contribution in [3.8, 4) is 0 Å². The second-order valence-corrected chi connectivity index (χ2v) is 6.74. The van der Waals surface area contributed by atoms with Crippen LogP contribution in [0.4, 0.5) is 5.13 Å². The standard InChI is InChI=1S/C14H22N2O2S/c1-16(8-10-4-6-18-7-5-10)14-15-13(11-2-3-11)12(9-17)19-14/h10-11,17H,2-9H2,1H3. The number of aliphatic hydroxyl groups excluding tert-OH is 1. The molecule has 1 aliphatic heterocycles. The summed E-state index contributed by atoms with van der Waals surface area (Å²) in [5, 5.41) is 10.5. The van der Waals surface area contributed by atoms with Crippen LogP contribution in [0.25, 0.3) is 0 Å². The fourth-order valence-corrected chi connectivity index (χ4v) is 3.67. The molecule has 1 aliphatic carbocycles. The number of thiazole rings is 1. The molecule has 3 rings (SSSR count). The summed E-state index contributed by atoms with van der Waals surface area (Å²) in [7, 11) is 2.12. The Morgan fingerprint density at radius 1 is 1.32 bits per heavy atom. The molecule has 0 spiro atoms. The van der Waals surface area contributed by atoms with E-state index in [1.807, 2.05) is 0 Å². The van der Waals surface area contributed by atoms with Gasteiger partial charge in [0.2, 0.25) is 0 Å². The van der Waals surface area contributed by atoms with Gasteiger partial charge in [-0.2, -0.15) is 0 Å². The number of nitrogens with zero attached hydrogens (tertiary/aromatic N) is 2. The van der Waals surface area contributed by atoms with Crippen molar-refractivity contribution in [3.63, 3.8) is 0 Å². The van der Waals surface area contributed by atoms with Gasteiger partial charge in [-0.1, -0.05) is 11.3 Å². The molecule has 106 valence electrons. The van der Waals surface area contributed by atoms with Gasteiger partial charge in [-0.25, -0.2) is 4.98 Å². The molecule has 19 heavy (non-hydrogen) atoms. The maximum atomic E-state index is 9.45. The number of ether oxygens (including phenoxy) is 1. The van der Waals surface area contributed by atoms with Crippen LogP contribution in [0.3, 0.4) is 0 Å². The van der Waals surface area contributed by atoms with Gasteiger partial charge >= 0.3 is 0 Å². The van der Waals surface area contributed by atoms with Gasteiger partial charge in [0.15, 0.2) is 5.13 Å². The molecule has 1 saturated carbocycles. The molecule has 1 aromatic rings. The van der Waals surface area contributed by atoms with Crippen LogP contribution in [0.2, 0.25) is 0 Å². The summed E-state index contributed by atoms with van der Waals surface area (Å²) in [6, 6.07) is 0. The quantitative estimate of drug-likeness (QED) is 0.900. The van der Waals surface area contributed by atoms with E-state index >= 15 is 0 Å². The van der Waals surface area contributed by atoms with Crippen molar-refractivity contribution in [3.05, 3.63) is 10.6 Å². The number of hydrogen-bond acceptors (Lipinski definition) is 5. The van der Waals surface area contributed by atoms with E-state index in [4.69, 9.17) is 9.72 Å². The third-order valence-corrected chi connectivity index (χ3v) is 5.19. The largest absolute Gasteiger partial charge is 0.391 e. The lowest BCUT2D eigenvalue weighted by atomic mass is 10.0. The average molecular weight is 282 g/mol. The number of aromatic nitrogens is 1. The summed E-state index contributed by atoms with van der Waals surface area (Å²) in [6.45, 7) is 2.97. The highest BCUT2D eigenvalue weighted by molar-refractivity contribution is 7.15.